The third kappa shape index (κ3) is 4.12. The fraction of sp³-hybridized carbons (Fsp3) is 0.867. The summed E-state index contributed by atoms with van der Waals surface area (Å²) in [5.41, 5.74) is -1.06. The van der Waals surface area contributed by atoms with Gasteiger partial charge in [0, 0.05) is 13.1 Å². The molecule has 0 atom stereocenters. The highest BCUT2D eigenvalue weighted by Gasteiger charge is 2.45. The van der Waals surface area contributed by atoms with Gasteiger partial charge in [0.2, 0.25) is 5.91 Å². The fourth-order valence-electron chi connectivity index (χ4n) is 3.06. The van der Waals surface area contributed by atoms with Crippen LogP contribution in [0.4, 0.5) is 13.2 Å². The minimum Gasteiger partial charge on any atom is -0.341 e. The molecule has 0 radical (unpaired) electrons. The maximum absolute atomic E-state index is 12.7. The van der Waals surface area contributed by atoms with Crippen molar-refractivity contribution in [1.29, 1.82) is 5.26 Å². The molecule has 1 saturated heterocycles. The van der Waals surface area contributed by atoms with Crippen molar-refractivity contribution in [2.24, 2.45) is 11.3 Å². The lowest BCUT2D eigenvalue weighted by Gasteiger charge is -2.37. The molecule has 0 N–H and O–H groups in total. The molecule has 6 heteroatoms. The van der Waals surface area contributed by atoms with Crippen molar-refractivity contribution in [1.82, 2.24) is 4.90 Å². The van der Waals surface area contributed by atoms with Gasteiger partial charge in [0.25, 0.3) is 0 Å². The zero-order chi connectivity index (χ0) is 16.1. The SMILES string of the molecule is CCCC(C#N)(CCC)C(=O)N1CCC(C(F)(F)F)CC1. The van der Waals surface area contributed by atoms with Gasteiger partial charge in [0.1, 0.15) is 5.41 Å². The zero-order valence-electron chi connectivity index (χ0n) is 12.7. The Kier molecular flexibility index (Phi) is 6.06. The number of alkyl halides is 3. The Labute approximate surface area is 124 Å². The van der Waals surface area contributed by atoms with Crippen molar-refractivity contribution in [3.05, 3.63) is 0 Å². The third-order valence-electron chi connectivity index (χ3n) is 4.22. The van der Waals surface area contributed by atoms with Crippen molar-refractivity contribution >= 4 is 5.91 Å². The molecule has 0 aromatic carbocycles. The molecule has 1 aliphatic rings. The second-order valence-electron chi connectivity index (χ2n) is 5.80. The van der Waals surface area contributed by atoms with Gasteiger partial charge in [-0.05, 0) is 25.7 Å². The van der Waals surface area contributed by atoms with Crippen LogP contribution in [0.2, 0.25) is 0 Å². The average Bonchev–Trinajstić information content (AvgIpc) is 2.45. The van der Waals surface area contributed by atoms with Crippen molar-refractivity contribution < 1.29 is 18.0 Å². The van der Waals surface area contributed by atoms with Crippen LogP contribution in [0.1, 0.15) is 52.4 Å². The van der Waals surface area contributed by atoms with Crippen LogP contribution >= 0.6 is 0 Å². The molecular weight excluding hydrogens is 281 g/mol. The number of likely N-dealkylation sites (tertiary alicyclic amines) is 1. The number of halogens is 3. The number of amides is 1. The Hall–Kier alpha value is -1.25. The van der Waals surface area contributed by atoms with E-state index in [0.29, 0.717) is 25.7 Å². The maximum Gasteiger partial charge on any atom is 0.391 e. The van der Waals surface area contributed by atoms with E-state index in [0.717, 1.165) is 0 Å². The molecule has 1 heterocycles. The topological polar surface area (TPSA) is 44.1 Å². The lowest BCUT2D eigenvalue weighted by atomic mass is 9.78. The first-order chi connectivity index (χ1) is 9.80. The Morgan fingerprint density at radius 2 is 1.67 bits per heavy atom. The third-order valence-corrected chi connectivity index (χ3v) is 4.22. The average molecular weight is 304 g/mol. The summed E-state index contributed by atoms with van der Waals surface area (Å²) in [6, 6.07) is 2.14. The first-order valence-electron chi connectivity index (χ1n) is 7.58. The van der Waals surface area contributed by atoms with Gasteiger partial charge < -0.3 is 4.90 Å². The quantitative estimate of drug-likeness (QED) is 0.773. The molecule has 0 unspecified atom stereocenters. The van der Waals surface area contributed by atoms with Crippen LogP contribution in [0.5, 0.6) is 0 Å². The predicted octanol–water partition coefficient (Wildman–Crippen LogP) is 3.90. The highest BCUT2D eigenvalue weighted by atomic mass is 19.4. The molecule has 0 aliphatic carbocycles. The molecule has 0 bridgehead atoms. The number of nitriles is 1. The van der Waals surface area contributed by atoms with Crippen LogP contribution in [0.15, 0.2) is 0 Å². The summed E-state index contributed by atoms with van der Waals surface area (Å²) in [5, 5.41) is 9.44. The van der Waals surface area contributed by atoms with E-state index in [2.05, 4.69) is 6.07 Å². The summed E-state index contributed by atoms with van der Waals surface area (Å²) in [6.07, 6.45) is -1.96. The molecule has 0 aromatic rings. The standard InChI is InChI=1S/C15H23F3N2O/c1-3-7-14(11-19,8-4-2)13(21)20-9-5-12(6-10-20)15(16,17)18/h12H,3-10H2,1-2H3. The molecule has 1 aliphatic heterocycles. The summed E-state index contributed by atoms with van der Waals surface area (Å²) >= 11 is 0. The van der Waals surface area contributed by atoms with Crippen LogP contribution in [-0.4, -0.2) is 30.1 Å². The zero-order valence-corrected chi connectivity index (χ0v) is 12.7. The van der Waals surface area contributed by atoms with Crippen LogP contribution in [0.25, 0.3) is 0 Å². The molecule has 1 rings (SSSR count). The number of nitrogens with zero attached hydrogens (tertiary/aromatic N) is 2. The molecule has 0 aromatic heterocycles. The van der Waals surface area contributed by atoms with Crippen molar-refractivity contribution in [2.75, 3.05) is 13.1 Å². The van der Waals surface area contributed by atoms with E-state index in [1.54, 1.807) is 0 Å². The number of hydrogen-bond donors (Lipinski definition) is 0. The van der Waals surface area contributed by atoms with Gasteiger partial charge >= 0.3 is 6.18 Å². The summed E-state index contributed by atoms with van der Waals surface area (Å²) in [7, 11) is 0. The lowest BCUT2D eigenvalue weighted by molar-refractivity contribution is -0.187. The second-order valence-corrected chi connectivity index (χ2v) is 5.80. The van der Waals surface area contributed by atoms with Gasteiger partial charge in [-0.25, -0.2) is 0 Å². The molecule has 3 nitrogen and oxygen atoms in total. The molecule has 120 valence electrons. The molecule has 1 fully saturated rings. The van der Waals surface area contributed by atoms with E-state index in [-0.39, 0.29) is 31.8 Å². The molecule has 0 saturated carbocycles. The van der Waals surface area contributed by atoms with E-state index >= 15 is 0 Å². The van der Waals surface area contributed by atoms with E-state index in [4.69, 9.17) is 0 Å². The first-order valence-corrected chi connectivity index (χ1v) is 7.58. The van der Waals surface area contributed by atoms with E-state index in [1.165, 1.54) is 4.90 Å². The minimum absolute atomic E-state index is 0.0605. The van der Waals surface area contributed by atoms with Gasteiger partial charge in [-0.3, -0.25) is 4.79 Å². The Morgan fingerprint density at radius 1 is 1.19 bits per heavy atom. The minimum atomic E-state index is -4.19. The van der Waals surface area contributed by atoms with Crippen LogP contribution in [0, 0.1) is 22.7 Å². The molecule has 1 amide bonds. The Bertz CT molecular complexity index is 387. The summed E-state index contributed by atoms with van der Waals surface area (Å²) in [4.78, 5) is 14.1. The number of carbonyl (C=O) groups excluding carboxylic acids is 1. The number of hydrogen-bond acceptors (Lipinski definition) is 2. The van der Waals surface area contributed by atoms with E-state index < -0.39 is 17.5 Å². The van der Waals surface area contributed by atoms with E-state index in [9.17, 15) is 23.2 Å². The van der Waals surface area contributed by atoms with Crippen LogP contribution in [0.3, 0.4) is 0 Å². The Morgan fingerprint density at radius 3 is 2.00 bits per heavy atom. The second kappa shape index (κ2) is 7.15. The highest BCUT2D eigenvalue weighted by Crippen LogP contribution is 2.37. The summed E-state index contributed by atoms with van der Waals surface area (Å²) in [6.45, 7) is 4.01. The van der Waals surface area contributed by atoms with E-state index in [1.807, 2.05) is 13.8 Å². The normalized spacial score (nSPS) is 17.6. The highest BCUT2D eigenvalue weighted by molar-refractivity contribution is 5.85. The summed E-state index contributed by atoms with van der Waals surface area (Å²) < 4.78 is 38.0. The fourth-order valence-corrected chi connectivity index (χ4v) is 3.06. The molecular formula is C15H23F3N2O. The van der Waals surface area contributed by atoms with Crippen molar-refractivity contribution in [2.45, 2.75) is 58.5 Å². The molecule has 0 spiro atoms. The van der Waals surface area contributed by atoms with Crippen LogP contribution in [-0.2, 0) is 4.79 Å². The number of rotatable bonds is 5. The predicted molar refractivity (Wildman–Crippen MR) is 73.2 cm³/mol. The van der Waals surface area contributed by atoms with Crippen molar-refractivity contribution in [3.63, 3.8) is 0 Å². The monoisotopic (exact) mass is 304 g/mol. The first kappa shape index (κ1) is 17.8. The van der Waals surface area contributed by atoms with Gasteiger partial charge in [0.05, 0.1) is 12.0 Å². The largest absolute Gasteiger partial charge is 0.391 e. The number of piperidine rings is 1. The summed E-state index contributed by atoms with van der Waals surface area (Å²) in [5.74, 6) is -1.61. The lowest BCUT2D eigenvalue weighted by Crippen LogP contribution is -2.48. The van der Waals surface area contributed by atoms with Gasteiger partial charge in [-0.15, -0.1) is 0 Å². The van der Waals surface area contributed by atoms with Gasteiger partial charge in [-0.2, -0.15) is 18.4 Å². The van der Waals surface area contributed by atoms with Gasteiger partial charge in [-0.1, -0.05) is 26.7 Å². The smallest absolute Gasteiger partial charge is 0.341 e. The van der Waals surface area contributed by atoms with Crippen molar-refractivity contribution in [3.8, 4) is 6.07 Å². The van der Waals surface area contributed by atoms with Crippen LogP contribution < -0.4 is 0 Å². The number of carbonyl (C=O) groups is 1. The van der Waals surface area contributed by atoms with Gasteiger partial charge in [0.15, 0.2) is 0 Å². The molecule has 21 heavy (non-hydrogen) atoms. The maximum atomic E-state index is 12.7. The Balaban J connectivity index is 2.77.